The van der Waals surface area contributed by atoms with Gasteiger partial charge in [0.25, 0.3) is 0 Å². The van der Waals surface area contributed by atoms with Gasteiger partial charge in [0.1, 0.15) is 0 Å². The van der Waals surface area contributed by atoms with Crippen LogP contribution < -0.4 is 5.32 Å². The molecule has 6 nitrogen and oxygen atoms in total. The first-order chi connectivity index (χ1) is 12.8. The zero-order valence-electron chi connectivity index (χ0n) is 14.6. The number of hydrogen-bond acceptors (Lipinski definition) is 5. The zero-order valence-corrected chi connectivity index (χ0v) is 15.4. The molecule has 0 saturated heterocycles. The van der Waals surface area contributed by atoms with Crippen LogP contribution in [0.25, 0.3) is 5.69 Å². The molecular formula is C19H23N5OS. The summed E-state index contributed by atoms with van der Waals surface area (Å²) >= 11 is 1.40. The molecule has 1 N–H and O–H groups in total. The largest absolute Gasteiger partial charge is 0.352 e. The minimum atomic E-state index is 0.107. The van der Waals surface area contributed by atoms with E-state index in [4.69, 9.17) is 0 Å². The first-order valence-electron chi connectivity index (χ1n) is 9.52. The molecule has 136 valence electrons. The van der Waals surface area contributed by atoms with Gasteiger partial charge in [-0.05, 0) is 78.3 Å². The number of aromatic nitrogens is 4. The van der Waals surface area contributed by atoms with Crippen LogP contribution >= 0.6 is 11.8 Å². The Morgan fingerprint density at radius 3 is 2.46 bits per heavy atom. The normalized spacial score (nSPS) is 31.9. The second-order valence-electron chi connectivity index (χ2n) is 8.02. The van der Waals surface area contributed by atoms with E-state index in [1.54, 1.807) is 4.68 Å². The van der Waals surface area contributed by atoms with Crippen molar-refractivity contribution in [3.8, 4) is 5.69 Å². The Hall–Kier alpha value is -1.89. The van der Waals surface area contributed by atoms with Crippen molar-refractivity contribution in [1.29, 1.82) is 0 Å². The molecule has 4 aliphatic rings. The Balaban J connectivity index is 1.21. The van der Waals surface area contributed by atoms with Crippen molar-refractivity contribution in [2.75, 3.05) is 5.75 Å². The van der Waals surface area contributed by atoms with Gasteiger partial charge >= 0.3 is 0 Å². The monoisotopic (exact) mass is 369 g/mol. The van der Waals surface area contributed by atoms with Gasteiger partial charge in [0.05, 0.1) is 11.4 Å². The van der Waals surface area contributed by atoms with E-state index in [1.807, 2.05) is 30.3 Å². The van der Waals surface area contributed by atoms with E-state index < -0.39 is 0 Å². The van der Waals surface area contributed by atoms with Gasteiger partial charge in [-0.1, -0.05) is 30.0 Å². The lowest BCUT2D eigenvalue weighted by Gasteiger charge is -2.54. The lowest BCUT2D eigenvalue weighted by molar-refractivity contribution is -0.122. The molecule has 4 saturated carbocycles. The SMILES string of the molecule is O=C(CSc1nnnn1-c1ccccc1)NC1C2CC3CC(C2)CC1C3. The van der Waals surface area contributed by atoms with Gasteiger partial charge in [0.15, 0.2) is 0 Å². The minimum Gasteiger partial charge on any atom is -0.352 e. The molecule has 7 heteroatoms. The van der Waals surface area contributed by atoms with Crippen molar-refractivity contribution in [2.24, 2.45) is 23.7 Å². The maximum atomic E-state index is 12.6. The summed E-state index contributed by atoms with van der Waals surface area (Å²) in [5.74, 6) is 3.72. The van der Waals surface area contributed by atoms with Gasteiger partial charge in [-0.2, -0.15) is 4.68 Å². The maximum absolute atomic E-state index is 12.6. The maximum Gasteiger partial charge on any atom is 0.230 e. The third-order valence-corrected chi connectivity index (χ3v) is 7.25. The van der Waals surface area contributed by atoms with Crippen LogP contribution in [-0.4, -0.2) is 37.9 Å². The van der Waals surface area contributed by atoms with E-state index in [9.17, 15) is 4.79 Å². The Morgan fingerprint density at radius 2 is 1.77 bits per heavy atom. The predicted molar refractivity (Wildman–Crippen MR) is 98.9 cm³/mol. The average molecular weight is 369 g/mol. The van der Waals surface area contributed by atoms with Crippen LogP contribution in [0.4, 0.5) is 0 Å². The second-order valence-corrected chi connectivity index (χ2v) is 8.96. The van der Waals surface area contributed by atoms with Crippen molar-refractivity contribution in [1.82, 2.24) is 25.5 Å². The van der Waals surface area contributed by atoms with E-state index in [-0.39, 0.29) is 5.91 Å². The summed E-state index contributed by atoms with van der Waals surface area (Å²) in [6.07, 6.45) is 6.70. The number of nitrogens with zero attached hydrogens (tertiary/aromatic N) is 4. The number of para-hydroxylation sites is 1. The quantitative estimate of drug-likeness (QED) is 0.821. The molecule has 0 unspecified atom stereocenters. The standard InChI is InChI=1S/C19H23N5OS/c25-17(20-18-14-7-12-6-13(9-14)10-15(18)8-12)11-26-19-21-22-23-24(19)16-4-2-1-3-5-16/h1-5,12-15,18H,6-11H2,(H,20,25). The number of tetrazole rings is 1. The van der Waals surface area contributed by atoms with Crippen molar-refractivity contribution in [2.45, 2.75) is 43.3 Å². The number of amides is 1. The fourth-order valence-electron chi connectivity index (χ4n) is 5.52. The van der Waals surface area contributed by atoms with E-state index in [2.05, 4.69) is 20.8 Å². The molecule has 1 aromatic carbocycles. The molecule has 26 heavy (non-hydrogen) atoms. The van der Waals surface area contributed by atoms with Gasteiger partial charge in [-0.25, -0.2) is 0 Å². The Bertz CT molecular complexity index is 764. The zero-order chi connectivity index (χ0) is 17.5. The topological polar surface area (TPSA) is 72.7 Å². The summed E-state index contributed by atoms with van der Waals surface area (Å²) in [5, 5.41) is 15.9. The van der Waals surface area contributed by atoms with E-state index in [1.165, 1.54) is 43.9 Å². The van der Waals surface area contributed by atoms with Crippen molar-refractivity contribution < 1.29 is 4.79 Å². The highest BCUT2D eigenvalue weighted by Crippen LogP contribution is 2.53. The number of rotatable bonds is 5. The molecule has 0 spiro atoms. The third kappa shape index (κ3) is 3.02. The van der Waals surface area contributed by atoms with Crippen LogP contribution in [0.5, 0.6) is 0 Å². The number of carbonyl (C=O) groups excluding carboxylic acids is 1. The van der Waals surface area contributed by atoms with Crippen LogP contribution in [0.2, 0.25) is 0 Å². The fourth-order valence-corrected chi connectivity index (χ4v) is 6.22. The summed E-state index contributed by atoms with van der Waals surface area (Å²) in [5.41, 5.74) is 0.904. The first kappa shape index (κ1) is 16.3. The number of thioether (sulfide) groups is 1. The van der Waals surface area contributed by atoms with Crippen LogP contribution in [0.15, 0.2) is 35.5 Å². The molecule has 2 aromatic rings. The molecule has 4 aliphatic carbocycles. The second kappa shape index (κ2) is 6.68. The number of benzene rings is 1. The number of nitrogens with one attached hydrogen (secondary N) is 1. The third-order valence-electron chi connectivity index (χ3n) is 6.33. The molecule has 1 heterocycles. The lowest BCUT2D eigenvalue weighted by Crippen LogP contribution is -2.56. The smallest absolute Gasteiger partial charge is 0.230 e. The van der Waals surface area contributed by atoms with Crippen LogP contribution in [-0.2, 0) is 4.79 Å². The van der Waals surface area contributed by atoms with Gasteiger partial charge in [0.2, 0.25) is 11.1 Å². The molecular weight excluding hydrogens is 346 g/mol. The summed E-state index contributed by atoms with van der Waals surface area (Å²) in [7, 11) is 0. The molecule has 4 bridgehead atoms. The molecule has 6 rings (SSSR count). The minimum absolute atomic E-state index is 0.107. The van der Waals surface area contributed by atoms with Gasteiger partial charge in [-0.3, -0.25) is 4.79 Å². The lowest BCUT2D eigenvalue weighted by atomic mass is 9.54. The summed E-state index contributed by atoms with van der Waals surface area (Å²) in [6.45, 7) is 0. The van der Waals surface area contributed by atoms with Crippen molar-refractivity contribution >= 4 is 17.7 Å². The molecule has 4 fully saturated rings. The molecule has 1 aromatic heterocycles. The Labute approximate surface area is 157 Å². The molecule has 0 aliphatic heterocycles. The van der Waals surface area contributed by atoms with Crippen molar-refractivity contribution in [3.63, 3.8) is 0 Å². The molecule has 0 radical (unpaired) electrons. The molecule has 0 atom stereocenters. The number of carbonyl (C=O) groups is 1. The summed E-state index contributed by atoms with van der Waals surface area (Å²) < 4.78 is 1.68. The van der Waals surface area contributed by atoms with Crippen molar-refractivity contribution in [3.05, 3.63) is 30.3 Å². The van der Waals surface area contributed by atoms with Crippen LogP contribution in [0, 0.1) is 23.7 Å². The summed E-state index contributed by atoms with van der Waals surface area (Å²) in [6, 6.07) is 10.2. The summed E-state index contributed by atoms with van der Waals surface area (Å²) in [4.78, 5) is 12.6. The van der Waals surface area contributed by atoms with E-state index in [0.717, 1.165) is 17.5 Å². The Morgan fingerprint density at radius 1 is 1.08 bits per heavy atom. The number of hydrogen-bond donors (Lipinski definition) is 1. The highest BCUT2D eigenvalue weighted by atomic mass is 32.2. The Kier molecular flexibility index (Phi) is 4.19. The van der Waals surface area contributed by atoms with Crippen LogP contribution in [0.1, 0.15) is 32.1 Å². The fraction of sp³-hybridized carbons (Fsp3) is 0.579. The van der Waals surface area contributed by atoms with Gasteiger partial charge in [-0.15, -0.1) is 5.10 Å². The van der Waals surface area contributed by atoms with E-state index >= 15 is 0 Å². The highest BCUT2D eigenvalue weighted by molar-refractivity contribution is 7.99. The van der Waals surface area contributed by atoms with E-state index in [0.29, 0.717) is 28.8 Å². The molecule has 1 amide bonds. The van der Waals surface area contributed by atoms with Crippen LogP contribution in [0.3, 0.4) is 0 Å². The predicted octanol–water partition coefficient (Wildman–Crippen LogP) is 2.70. The first-order valence-corrected chi connectivity index (χ1v) is 10.5. The average Bonchev–Trinajstić information content (AvgIpc) is 3.12. The van der Waals surface area contributed by atoms with Gasteiger partial charge in [0, 0.05) is 6.04 Å². The van der Waals surface area contributed by atoms with Gasteiger partial charge < -0.3 is 5.32 Å². The highest BCUT2D eigenvalue weighted by Gasteiger charge is 2.48.